The number of hydrazone groups is 1. The van der Waals surface area contributed by atoms with Crippen molar-refractivity contribution in [3.8, 4) is 5.88 Å². The third-order valence-electron chi connectivity index (χ3n) is 3.60. The number of carbonyl (C=O) groups is 2. The largest absolute Gasteiger partial charge is 0.494 e. The second kappa shape index (κ2) is 9.58. The van der Waals surface area contributed by atoms with Crippen LogP contribution in [-0.2, 0) is 20.9 Å². The van der Waals surface area contributed by atoms with E-state index in [4.69, 9.17) is 17.0 Å². The van der Waals surface area contributed by atoms with E-state index < -0.39 is 23.3 Å². The number of carbonyl (C=O) groups excluding carboxylic acids is 2. The summed E-state index contributed by atoms with van der Waals surface area (Å²) in [4.78, 5) is 38.0. The highest BCUT2D eigenvalue weighted by molar-refractivity contribution is 7.71. The molecule has 0 saturated carbocycles. The first-order valence-corrected chi connectivity index (χ1v) is 8.50. The third kappa shape index (κ3) is 5.34. The van der Waals surface area contributed by atoms with Crippen LogP contribution in [0.1, 0.15) is 11.1 Å². The maximum atomic E-state index is 12.0. The summed E-state index contributed by atoms with van der Waals surface area (Å²) in [5.74, 6) is -2.41. The predicted octanol–water partition coefficient (Wildman–Crippen LogP) is 0.655. The van der Waals surface area contributed by atoms with E-state index >= 15 is 0 Å². The zero-order chi connectivity index (χ0) is 20.7. The van der Waals surface area contributed by atoms with E-state index in [-0.39, 0.29) is 23.5 Å². The summed E-state index contributed by atoms with van der Waals surface area (Å²) in [6.07, 6.45) is 0.920. The van der Waals surface area contributed by atoms with Crippen LogP contribution < -0.4 is 16.3 Å². The van der Waals surface area contributed by atoms with Crippen molar-refractivity contribution in [1.82, 2.24) is 15.0 Å². The lowest BCUT2D eigenvalue weighted by molar-refractivity contribution is -0.136. The van der Waals surface area contributed by atoms with Crippen molar-refractivity contribution in [2.24, 2.45) is 5.10 Å². The highest BCUT2D eigenvalue weighted by Gasteiger charge is 2.14. The Labute approximate surface area is 164 Å². The molecule has 2 amide bonds. The molecule has 0 radical (unpaired) electrons. The fourth-order valence-electron chi connectivity index (χ4n) is 2.11. The molecule has 28 heavy (non-hydrogen) atoms. The Balaban J connectivity index is 2.08. The number of anilines is 1. The van der Waals surface area contributed by atoms with Crippen LogP contribution in [-0.4, -0.2) is 46.4 Å². The molecule has 0 unspecified atom stereocenters. The van der Waals surface area contributed by atoms with Crippen molar-refractivity contribution < 1.29 is 19.4 Å². The first-order chi connectivity index (χ1) is 13.3. The monoisotopic (exact) mass is 405 g/mol. The molecule has 1 aromatic heterocycles. The van der Waals surface area contributed by atoms with E-state index in [0.717, 1.165) is 11.8 Å². The molecule has 1 aromatic carbocycles. The minimum atomic E-state index is -1.04. The van der Waals surface area contributed by atoms with Crippen molar-refractivity contribution >= 4 is 35.9 Å². The number of aromatic amines is 1. The number of hydrogen-bond donors (Lipinski definition) is 4. The zero-order valence-electron chi connectivity index (χ0n) is 15.2. The number of hydrogen-bond acceptors (Lipinski definition) is 7. The molecule has 11 heteroatoms. The van der Waals surface area contributed by atoms with Gasteiger partial charge in [0.05, 0.1) is 19.4 Å². The number of nitrogens with one attached hydrogen (secondary N) is 3. The van der Waals surface area contributed by atoms with Crippen molar-refractivity contribution in [3.63, 3.8) is 0 Å². The topological polar surface area (TPSA) is 138 Å². The molecule has 2 aromatic rings. The Morgan fingerprint density at radius 1 is 1.32 bits per heavy atom. The Hall–Kier alpha value is -3.31. The number of aromatic nitrogens is 2. The maximum absolute atomic E-state index is 12.0. The highest BCUT2D eigenvalue weighted by Crippen LogP contribution is 2.11. The molecule has 0 bridgehead atoms. The first-order valence-electron chi connectivity index (χ1n) is 8.09. The number of rotatable bonds is 6. The summed E-state index contributed by atoms with van der Waals surface area (Å²) in [7, 11) is 1.48. The van der Waals surface area contributed by atoms with Crippen molar-refractivity contribution in [2.45, 2.75) is 13.5 Å². The quantitative estimate of drug-likeness (QED) is 0.241. The van der Waals surface area contributed by atoms with Gasteiger partial charge >= 0.3 is 11.8 Å². The number of aryl methyl sites for hydroxylation is 1. The SMILES string of the molecule is COCCn1c(O)c(C=NNC(=O)C(=O)Nc2ccc(C)cc2)c(=O)[nH]c1=S. The first kappa shape index (κ1) is 21.0. The summed E-state index contributed by atoms with van der Waals surface area (Å²) in [5, 5.41) is 16.2. The number of aromatic hydroxyl groups is 1. The summed E-state index contributed by atoms with van der Waals surface area (Å²) in [5.41, 5.74) is 2.51. The number of benzene rings is 1. The van der Waals surface area contributed by atoms with Crippen LogP contribution in [0.15, 0.2) is 34.2 Å². The van der Waals surface area contributed by atoms with Crippen LogP contribution in [0.5, 0.6) is 5.88 Å². The molecule has 1 heterocycles. The van der Waals surface area contributed by atoms with Gasteiger partial charge in [0, 0.05) is 12.8 Å². The van der Waals surface area contributed by atoms with E-state index in [1.165, 1.54) is 11.7 Å². The third-order valence-corrected chi connectivity index (χ3v) is 3.92. The summed E-state index contributed by atoms with van der Waals surface area (Å²) in [6.45, 7) is 2.34. The van der Waals surface area contributed by atoms with Gasteiger partial charge in [-0.3, -0.25) is 23.9 Å². The highest BCUT2D eigenvalue weighted by atomic mass is 32.1. The molecular formula is C17H19N5O5S. The summed E-state index contributed by atoms with van der Waals surface area (Å²) in [6, 6.07) is 6.86. The molecule has 0 aliphatic heterocycles. The van der Waals surface area contributed by atoms with Crippen LogP contribution in [0, 0.1) is 11.7 Å². The maximum Gasteiger partial charge on any atom is 0.329 e. The second-order valence-electron chi connectivity index (χ2n) is 5.66. The Morgan fingerprint density at radius 2 is 2.00 bits per heavy atom. The number of nitrogens with zero attached hydrogens (tertiary/aromatic N) is 2. The predicted molar refractivity (Wildman–Crippen MR) is 105 cm³/mol. The minimum absolute atomic E-state index is 0.0122. The molecule has 0 spiro atoms. The van der Waals surface area contributed by atoms with E-state index in [1.807, 2.05) is 12.3 Å². The van der Waals surface area contributed by atoms with Crippen LogP contribution in [0.2, 0.25) is 0 Å². The van der Waals surface area contributed by atoms with Gasteiger partial charge in [0.15, 0.2) is 4.77 Å². The zero-order valence-corrected chi connectivity index (χ0v) is 16.0. The van der Waals surface area contributed by atoms with Crippen LogP contribution in [0.4, 0.5) is 5.69 Å². The Bertz CT molecular complexity index is 1010. The average Bonchev–Trinajstić information content (AvgIpc) is 2.65. The fourth-order valence-corrected chi connectivity index (χ4v) is 2.38. The van der Waals surface area contributed by atoms with Crippen LogP contribution >= 0.6 is 12.2 Å². The number of H-pyrrole nitrogens is 1. The molecule has 148 valence electrons. The van der Waals surface area contributed by atoms with E-state index in [1.54, 1.807) is 24.3 Å². The van der Waals surface area contributed by atoms with Gasteiger partial charge in [-0.15, -0.1) is 0 Å². The fraction of sp³-hybridized carbons (Fsp3) is 0.235. The molecule has 10 nitrogen and oxygen atoms in total. The molecule has 0 aliphatic carbocycles. The summed E-state index contributed by atoms with van der Waals surface area (Å²) < 4.78 is 6.17. The molecule has 0 fully saturated rings. The van der Waals surface area contributed by atoms with Gasteiger partial charge in [-0.05, 0) is 31.3 Å². The van der Waals surface area contributed by atoms with Crippen LogP contribution in [0.3, 0.4) is 0 Å². The summed E-state index contributed by atoms with van der Waals surface area (Å²) >= 11 is 4.98. The lowest BCUT2D eigenvalue weighted by Crippen LogP contribution is -2.32. The Morgan fingerprint density at radius 3 is 2.64 bits per heavy atom. The van der Waals surface area contributed by atoms with Gasteiger partial charge in [0.25, 0.3) is 5.56 Å². The molecular weight excluding hydrogens is 386 g/mol. The van der Waals surface area contributed by atoms with Gasteiger partial charge in [-0.25, -0.2) is 5.43 Å². The van der Waals surface area contributed by atoms with Crippen LogP contribution in [0.25, 0.3) is 0 Å². The Kier molecular flexibility index (Phi) is 7.18. The second-order valence-corrected chi connectivity index (χ2v) is 6.05. The van der Waals surface area contributed by atoms with Gasteiger partial charge < -0.3 is 15.2 Å². The molecule has 2 rings (SSSR count). The number of methoxy groups -OCH3 is 1. The molecule has 4 N–H and O–H groups in total. The smallest absolute Gasteiger partial charge is 0.329 e. The average molecular weight is 405 g/mol. The lowest BCUT2D eigenvalue weighted by Gasteiger charge is -2.10. The van der Waals surface area contributed by atoms with Gasteiger partial charge in [0.1, 0.15) is 5.56 Å². The normalized spacial score (nSPS) is 10.8. The van der Waals surface area contributed by atoms with Crippen molar-refractivity contribution in [3.05, 3.63) is 50.5 Å². The van der Waals surface area contributed by atoms with Gasteiger partial charge in [0.2, 0.25) is 5.88 Å². The molecule has 0 atom stereocenters. The lowest BCUT2D eigenvalue weighted by atomic mass is 10.2. The van der Waals surface area contributed by atoms with Gasteiger partial charge in [-0.1, -0.05) is 17.7 Å². The van der Waals surface area contributed by atoms with E-state index in [2.05, 4.69) is 15.4 Å². The number of amides is 2. The van der Waals surface area contributed by atoms with E-state index in [9.17, 15) is 19.5 Å². The standard InChI is InChI=1S/C17H19N5O5S/c1-10-3-5-11(6-4-10)19-14(24)15(25)21-18-9-12-13(23)20-17(28)22(16(12)26)7-8-27-2/h3-6,9,26H,7-8H2,1-2H3,(H,19,24)(H,21,25)(H,20,23,28). The van der Waals surface area contributed by atoms with E-state index in [0.29, 0.717) is 5.69 Å². The number of ether oxygens (including phenoxy) is 1. The van der Waals surface area contributed by atoms with Crippen molar-refractivity contribution in [1.29, 1.82) is 0 Å². The molecule has 0 aliphatic rings. The minimum Gasteiger partial charge on any atom is -0.494 e. The van der Waals surface area contributed by atoms with Gasteiger partial charge in [-0.2, -0.15) is 5.10 Å². The molecule has 0 saturated heterocycles. The van der Waals surface area contributed by atoms with Crippen molar-refractivity contribution in [2.75, 3.05) is 19.0 Å².